The van der Waals surface area contributed by atoms with Crippen molar-refractivity contribution in [2.45, 2.75) is 19.9 Å². The molecule has 0 aliphatic rings. The maximum absolute atomic E-state index is 12.3. The van der Waals surface area contributed by atoms with Crippen molar-refractivity contribution in [2.24, 2.45) is 0 Å². The lowest BCUT2D eigenvalue weighted by molar-refractivity contribution is -0.907. The number of carbonyl (C=O) groups is 1. The third-order valence-corrected chi connectivity index (χ3v) is 3.99. The van der Waals surface area contributed by atoms with E-state index in [1.165, 1.54) is 0 Å². The van der Waals surface area contributed by atoms with Crippen LogP contribution in [0.2, 0.25) is 5.02 Å². The highest BCUT2D eigenvalue weighted by Gasteiger charge is 2.19. The smallest absolute Gasteiger partial charge is 0.283 e. The molecule has 2 aromatic heterocycles. The SMILES string of the molecule is CCC[NH+](CC(=O)Nc1ccc(Cl)cc1)Cc1nnc(-c2ccco2)o1. The molecular weight excluding hydrogens is 356 g/mol. The summed E-state index contributed by atoms with van der Waals surface area (Å²) in [5.74, 6) is 1.26. The monoisotopic (exact) mass is 375 g/mol. The molecule has 2 N–H and O–H groups in total. The fourth-order valence-electron chi connectivity index (χ4n) is 2.60. The molecule has 3 rings (SSSR count). The van der Waals surface area contributed by atoms with Crippen molar-refractivity contribution in [3.63, 3.8) is 0 Å². The van der Waals surface area contributed by atoms with Gasteiger partial charge in [0.25, 0.3) is 17.7 Å². The normalized spacial score (nSPS) is 12.1. The lowest BCUT2D eigenvalue weighted by Gasteiger charge is -2.16. The summed E-state index contributed by atoms with van der Waals surface area (Å²) in [4.78, 5) is 13.4. The molecule has 0 radical (unpaired) electrons. The van der Waals surface area contributed by atoms with Gasteiger partial charge in [-0.2, -0.15) is 0 Å². The minimum absolute atomic E-state index is 0.0819. The molecule has 26 heavy (non-hydrogen) atoms. The van der Waals surface area contributed by atoms with Crippen LogP contribution < -0.4 is 10.2 Å². The fraction of sp³-hybridized carbons (Fsp3) is 0.278. The van der Waals surface area contributed by atoms with E-state index in [9.17, 15) is 4.79 Å². The van der Waals surface area contributed by atoms with Crippen LogP contribution >= 0.6 is 11.6 Å². The lowest BCUT2D eigenvalue weighted by atomic mass is 10.3. The molecule has 1 unspecified atom stereocenters. The molecule has 1 aromatic carbocycles. The Hall–Kier alpha value is -2.64. The zero-order valence-electron chi connectivity index (χ0n) is 14.4. The molecule has 0 aliphatic heterocycles. The summed E-state index contributed by atoms with van der Waals surface area (Å²) in [6.07, 6.45) is 2.48. The number of nitrogens with zero attached hydrogens (tertiary/aromatic N) is 2. The first-order valence-electron chi connectivity index (χ1n) is 8.39. The maximum Gasteiger partial charge on any atom is 0.283 e. The van der Waals surface area contributed by atoms with Crippen molar-refractivity contribution in [3.8, 4) is 11.7 Å². The number of furan rings is 1. The molecule has 0 saturated heterocycles. The van der Waals surface area contributed by atoms with E-state index in [4.69, 9.17) is 20.4 Å². The van der Waals surface area contributed by atoms with Crippen molar-refractivity contribution in [1.29, 1.82) is 0 Å². The standard InChI is InChI=1S/C18H19ClN4O3/c1-2-9-23(11-16(24)20-14-7-5-13(19)6-8-14)12-17-21-22-18(26-17)15-4-3-10-25-15/h3-8,10H,2,9,11-12H2,1H3,(H,20,24)/p+1. The van der Waals surface area contributed by atoms with Crippen LogP contribution in [0.3, 0.4) is 0 Å². The number of hydrogen-bond acceptors (Lipinski definition) is 5. The number of benzene rings is 1. The summed E-state index contributed by atoms with van der Waals surface area (Å²) in [5.41, 5.74) is 0.716. The Balaban J connectivity index is 1.59. The molecule has 0 saturated carbocycles. The third kappa shape index (κ3) is 4.93. The predicted octanol–water partition coefficient (Wildman–Crippen LogP) is 2.42. The Morgan fingerprint density at radius 1 is 1.23 bits per heavy atom. The van der Waals surface area contributed by atoms with E-state index in [0.29, 0.717) is 41.3 Å². The summed E-state index contributed by atoms with van der Waals surface area (Å²) < 4.78 is 10.9. The van der Waals surface area contributed by atoms with E-state index in [2.05, 4.69) is 22.4 Å². The van der Waals surface area contributed by atoms with Gasteiger partial charge in [-0.1, -0.05) is 18.5 Å². The third-order valence-electron chi connectivity index (χ3n) is 3.74. The van der Waals surface area contributed by atoms with Gasteiger partial charge in [-0.15, -0.1) is 10.2 Å². The molecule has 0 bridgehead atoms. The molecule has 7 nitrogen and oxygen atoms in total. The summed E-state index contributed by atoms with van der Waals surface area (Å²) in [7, 11) is 0. The number of anilines is 1. The summed E-state index contributed by atoms with van der Waals surface area (Å²) in [6, 6.07) is 10.5. The molecule has 2 heterocycles. The highest BCUT2D eigenvalue weighted by atomic mass is 35.5. The quantitative estimate of drug-likeness (QED) is 0.631. The number of halogens is 1. The molecule has 3 aromatic rings. The molecule has 1 amide bonds. The molecule has 136 valence electrons. The Morgan fingerprint density at radius 3 is 2.73 bits per heavy atom. The van der Waals surface area contributed by atoms with Crippen LogP contribution in [-0.2, 0) is 11.3 Å². The van der Waals surface area contributed by atoms with Gasteiger partial charge in [0.2, 0.25) is 0 Å². The van der Waals surface area contributed by atoms with Crippen molar-refractivity contribution >= 4 is 23.2 Å². The van der Waals surface area contributed by atoms with Crippen LogP contribution in [0.1, 0.15) is 19.2 Å². The van der Waals surface area contributed by atoms with E-state index >= 15 is 0 Å². The zero-order valence-corrected chi connectivity index (χ0v) is 15.1. The fourth-order valence-corrected chi connectivity index (χ4v) is 2.72. The van der Waals surface area contributed by atoms with E-state index in [1.54, 1.807) is 42.7 Å². The molecule has 0 aliphatic carbocycles. The summed E-state index contributed by atoms with van der Waals surface area (Å²) in [5, 5.41) is 11.5. The van der Waals surface area contributed by atoms with Gasteiger partial charge in [0.15, 0.2) is 18.8 Å². The Morgan fingerprint density at radius 2 is 2.04 bits per heavy atom. The number of hydrogen-bond donors (Lipinski definition) is 2. The van der Waals surface area contributed by atoms with Gasteiger partial charge in [0, 0.05) is 10.7 Å². The van der Waals surface area contributed by atoms with E-state index in [0.717, 1.165) is 17.9 Å². The highest BCUT2D eigenvalue weighted by molar-refractivity contribution is 6.30. The van der Waals surface area contributed by atoms with Gasteiger partial charge in [-0.25, -0.2) is 0 Å². The average Bonchev–Trinajstić information content (AvgIpc) is 3.28. The number of carbonyl (C=O) groups excluding carboxylic acids is 1. The van der Waals surface area contributed by atoms with Gasteiger partial charge in [0.1, 0.15) is 0 Å². The molecule has 8 heteroatoms. The first-order valence-corrected chi connectivity index (χ1v) is 8.77. The number of rotatable bonds is 8. The largest absolute Gasteiger partial charge is 0.459 e. The number of aromatic nitrogens is 2. The van der Waals surface area contributed by atoms with Crippen molar-refractivity contribution in [2.75, 3.05) is 18.4 Å². The van der Waals surface area contributed by atoms with E-state index in [-0.39, 0.29) is 5.91 Å². The molecular formula is C18H20ClN4O3+. The van der Waals surface area contributed by atoms with Crippen LogP contribution in [0.25, 0.3) is 11.7 Å². The average molecular weight is 376 g/mol. The zero-order chi connectivity index (χ0) is 18.4. The van der Waals surface area contributed by atoms with Gasteiger partial charge in [0.05, 0.1) is 12.8 Å². The Labute approximate surface area is 156 Å². The van der Waals surface area contributed by atoms with E-state index < -0.39 is 0 Å². The van der Waals surface area contributed by atoms with Gasteiger partial charge in [-0.05, 0) is 42.8 Å². The second-order valence-electron chi connectivity index (χ2n) is 5.89. The number of quaternary nitrogens is 1. The number of nitrogens with one attached hydrogen (secondary N) is 2. The van der Waals surface area contributed by atoms with Crippen LogP contribution in [0.15, 0.2) is 51.5 Å². The van der Waals surface area contributed by atoms with Gasteiger partial charge >= 0.3 is 0 Å². The highest BCUT2D eigenvalue weighted by Crippen LogP contribution is 2.17. The molecule has 1 atom stereocenters. The summed E-state index contributed by atoms with van der Waals surface area (Å²) in [6.45, 7) is 3.65. The van der Waals surface area contributed by atoms with Crippen molar-refractivity contribution < 1.29 is 18.5 Å². The first kappa shape index (κ1) is 18.2. The minimum Gasteiger partial charge on any atom is -0.459 e. The van der Waals surface area contributed by atoms with Crippen molar-refractivity contribution in [1.82, 2.24) is 10.2 Å². The Bertz CT molecular complexity index is 831. The van der Waals surface area contributed by atoms with Gasteiger partial charge in [-0.3, -0.25) is 4.79 Å². The van der Waals surface area contributed by atoms with Crippen LogP contribution in [0.5, 0.6) is 0 Å². The topological polar surface area (TPSA) is 85.6 Å². The second-order valence-corrected chi connectivity index (χ2v) is 6.32. The molecule has 0 fully saturated rings. The van der Waals surface area contributed by atoms with Crippen LogP contribution in [-0.4, -0.2) is 29.2 Å². The van der Waals surface area contributed by atoms with Gasteiger partial charge < -0.3 is 19.1 Å². The van der Waals surface area contributed by atoms with Crippen LogP contribution in [0.4, 0.5) is 5.69 Å². The summed E-state index contributed by atoms with van der Waals surface area (Å²) >= 11 is 5.86. The number of amides is 1. The molecule has 0 spiro atoms. The predicted molar refractivity (Wildman–Crippen MR) is 96.8 cm³/mol. The first-order chi connectivity index (χ1) is 12.6. The minimum atomic E-state index is -0.0819. The van der Waals surface area contributed by atoms with Crippen LogP contribution in [0, 0.1) is 0 Å². The Kier molecular flexibility index (Phi) is 6.04. The maximum atomic E-state index is 12.3. The lowest BCUT2D eigenvalue weighted by Crippen LogP contribution is -3.11. The second kappa shape index (κ2) is 8.64. The van der Waals surface area contributed by atoms with Crippen molar-refractivity contribution in [3.05, 3.63) is 53.6 Å². The van der Waals surface area contributed by atoms with E-state index in [1.807, 2.05) is 0 Å².